The van der Waals surface area contributed by atoms with Crippen molar-refractivity contribution in [3.05, 3.63) is 36.7 Å². The third-order valence-electron chi connectivity index (χ3n) is 5.33. The van der Waals surface area contributed by atoms with Gasteiger partial charge in [-0.15, -0.1) is 0 Å². The van der Waals surface area contributed by atoms with Gasteiger partial charge < -0.3 is 14.6 Å². The van der Waals surface area contributed by atoms with Gasteiger partial charge in [-0.2, -0.15) is 0 Å². The van der Waals surface area contributed by atoms with Crippen LogP contribution in [0.25, 0.3) is 11.4 Å². The first kappa shape index (κ1) is 25.1. The van der Waals surface area contributed by atoms with Gasteiger partial charge in [0.05, 0.1) is 25.6 Å². The Morgan fingerprint density at radius 1 is 0.645 bits per heavy atom. The molecule has 2 rings (SSSR count). The standard InChI is InChI=1S/C26H40N2O3/c1-2-3-4-5-9-13-20-31-25-21-27-26(28-22-25)23-14-16-24(17-15-23)30-19-12-10-7-6-8-11-18-29/h14-17,21-22,29H,2-13,18-20H2,1H3. The minimum absolute atomic E-state index is 0.307. The zero-order valence-corrected chi connectivity index (χ0v) is 19.2. The Balaban J connectivity index is 1.63. The Kier molecular flexibility index (Phi) is 13.4. The van der Waals surface area contributed by atoms with E-state index < -0.39 is 0 Å². The molecule has 0 amide bonds. The van der Waals surface area contributed by atoms with Gasteiger partial charge in [-0.3, -0.25) is 0 Å². The van der Waals surface area contributed by atoms with Crippen LogP contribution in [0, 0.1) is 0 Å². The summed E-state index contributed by atoms with van der Waals surface area (Å²) in [5, 5.41) is 8.77. The van der Waals surface area contributed by atoms with E-state index in [1.54, 1.807) is 12.4 Å². The van der Waals surface area contributed by atoms with Gasteiger partial charge in [0.15, 0.2) is 11.6 Å². The number of aromatic nitrogens is 2. The molecule has 31 heavy (non-hydrogen) atoms. The fourth-order valence-electron chi connectivity index (χ4n) is 3.42. The van der Waals surface area contributed by atoms with Crippen molar-refractivity contribution in [2.45, 2.75) is 84.0 Å². The molecular weight excluding hydrogens is 388 g/mol. The van der Waals surface area contributed by atoms with Crippen LogP contribution in [0.5, 0.6) is 11.5 Å². The van der Waals surface area contributed by atoms with Gasteiger partial charge in [-0.25, -0.2) is 9.97 Å². The smallest absolute Gasteiger partial charge is 0.159 e. The molecule has 0 unspecified atom stereocenters. The Morgan fingerprint density at radius 3 is 1.74 bits per heavy atom. The van der Waals surface area contributed by atoms with E-state index in [2.05, 4.69) is 16.9 Å². The highest BCUT2D eigenvalue weighted by Crippen LogP contribution is 2.21. The van der Waals surface area contributed by atoms with Crippen LogP contribution in [0.15, 0.2) is 36.7 Å². The average molecular weight is 429 g/mol. The molecule has 172 valence electrons. The maximum absolute atomic E-state index is 8.77. The van der Waals surface area contributed by atoms with Gasteiger partial charge in [0.25, 0.3) is 0 Å². The van der Waals surface area contributed by atoms with E-state index in [1.165, 1.54) is 51.4 Å². The molecule has 0 fully saturated rings. The fourth-order valence-corrected chi connectivity index (χ4v) is 3.42. The van der Waals surface area contributed by atoms with Crippen LogP contribution in [-0.2, 0) is 0 Å². The van der Waals surface area contributed by atoms with Crippen molar-refractivity contribution in [3.63, 3.8) is 0 Å². The molecule has 0 aliphatic rings. The highest BCUT2D eigenvalue weighted by molar-refractivity contribution is 5.56. The Hall–Kier alpha value is -2.14. The Morgan fingerprint density at radius 2 is 1.16 bits per heavy atom. The highest BCUT2D eigenvalue weighted by atomic mass is 16.5. The summed E-state index contributed by atoms with van der Waals surface area (Å²) in [5.74, 6) is 2.30. The van der Waals surface area contributed by atoms with Crippen LogP contribution >= 0.6 is 0 Å². The first-order valence-electron chi connectivity index (χ1n) is 12.1. The van der Waals surface area contributed by atoms with Crippen LogP contribution in [-0.4, -0.2) is 34.9 Å². The van der Waals surface area contributed by atoms with Crippen LogP contribution in [0.1, 0.15) is 84.0 Å². The minimum atomic E-state index is 0.307. The summed E-state index contributed by atoms with van der Waals surface area (Å²) in [6, 6.07) is 7.94. The highest BCUT2D eigenvalue weighted by Gasteiger charge is 2.03. The van der Waals surface area contributed by atoms with E-state index in [1.807, 2.05) is 24.3 Å². The Labute approximate surface area is 188 Å². The lowest BCUT2D eigenvalue weighted by Crippen LogP contribution is -1.99. The van der Waals surface area contributed by atoms with E-state index in [0.717, 1.165) is 56.0 Å². The fraction of sp³-hybridized carbons (Fsp3) is 0.615. The molecule has 5 nitrogen and oxygen atoms in total. The quantitative estimate of drug-likeness (QED) is 0.271. The van der Waals surface area contributed by atoms with Crippen molar-refractivity contribution in [2.75, 3.05) is 19.8 Å². The SMILES string of the molecule is CCCCCCCCOc1cnc(-c2ccc(OCCCCCCCCO)cc2)nc1. The summed E-state index contributed by atoms with van der Waals surface area (Å²) in [4.78, 5) is 8.89. The molecule has 1 aromatic heterocycles. The van der Waals surface area contributed by atoms with Crippen molar-refractivity contribution >= 4 is 0 Å². The Bertz CT molecular complexity index is 674. The minimum Gasteiger partial charge on any atom is -0.494 e. The summed E-state index contributed by atoms with van der Waals surface area (Å²) in [5.41, 5.74) is 0.971. The molecule has 0 bridgehead atoms. The molecule has 5 heteroatoms. The number of hydrogen-bond acceptors (Lipinski definition) is 5. The number of rotatable bonds is 18. The predicted molar refractivity (Wildman–Crippen MR) is 127 cm³/mol. The van der Waals surface area contributed by atoms with E-state index in [-0.39, 0.29) is 0 Å². The average Bonchev–Trinajstić information content (AvgIpc) is 2.81. The molecule has 0 atom stereocenters. The molecule has 0 aliphatic heterocycles. The number of aliphatic hydroxyl groups is 1. The first-order valence-corrected chi connectivity index (χ1v) is 12.1. The molecule has 1 heterocycles. The predicted octanol–water partition coefficient (Wildman–Crippen LogP) is 6.59. The van der Waals surface area contributed by atoms with Crippen molar-refractivity contribution in [1.82, 2.24) is 9.97 Å². The van der Waals surface area contributed by atoms with Crippen molar-refractivity contribution in [2.24, 2.45) is 0 Å². The summed E-state index contributed by atoms with van der Waals surface area (Å²) in [6.07, 6.45) is 17.7. The molecule has 2 aromatic rings. The van der Waals surface area contributed by atoms with E-state index in [4.69, 9.17) is 14.6 Å². The van der Waals surface area contributed by atoms with Crippen LogP contribution in [0.3, 0.4) is 0 Å². The van der Waals surface area contributed by atoms with Gasteiger partial charge in [0, 0.05) is 12.2 Å². The van der Waals surface area contributed by atoms with Crippen molar-refractivity contribution in [3.8, 4) is 22.9 Å². The summed E-state index contributed by atoms with van der Waals surface area (Å²) in [7, 11) is 0. The van der Waals surface area contributed by atoms with E-state index in [9.17, 15) is 0 Å². The summed E-state index contributed by atoms with van der Waals surface area (Å²) >= 11 is 0. The second-order valence-electron chi connectivity index (χ2n) is 8.08. The monoisotopic (exact) mass is 428 g/mol. The topological polar surface area (TPSA) is 64.5 Å². The summed E-state index contributed by atoms with van der Waals surface area (Å²) in [6.45, 7) is 4.01. The normalized spacial score (nSPS) is 10.9. The van der Waals surface area contributed by atoms with E-state index in [0.29, 0.717) is 12.4 Å². The molecule has 0 radical (unpaired) electrons. The van der Waals surface area contributed by atoms with Crippen molar-refractivity contribution in [1.29, 1.82) is 0 Å². The molecule has 1 aromatic carbocycles. The first-order chi connectivity index (χ1) is 15.3. The maximum atomic E-state index is 8.77. The largest absolute Gasteiger partial charge is 0.494 e. The number of benzene rings is 1. The third kappa shape index (κ3) is 11.2. The zero-order chi connectivity index (χ0) is 22.0. The molecule has 0 aliphatic carbocycles. The molecule has 0 saturated carbocycles. The van der Waals surface area contributed by atoms with E-state index >= 15 is 0 Å². The number of ether oxygens (including phenoxy) is 2. The third-order valence-corrected chi connectivity index (χ3v) is 5.33. The lowest BCUT2D eigenvalue weighted by molar-refractivity contribution is 0.280. The van der Waals surface area contributed by atoms with Gasteiger partial charge in [-0.1, -0.05) is 64.7 Å². The molecular formula is C26H40N2O3. The molecule has 0 saturated heterocycles. The number of aliphatic hydroxyl groups excluding tert-OH is 1. The lowest BCUT2D eigenvalue weighted by atomic mass is 10.1. The van der Waals surface area contributed by atoms with Gasteiger partial charge in [0.2, 0.25) is 0 Å². The van der Waals surface area contributed by atoms with Gasteiger partial charge >= 0.3 is 0 Å². The molecule has 1 N–H and O–H groups in total. The summed E-state index contributed by atoms with van der Waals surface area (Å²) < 4.78 is 11.6. The van der Waals surface area contributed by atoms with Gasteiger partial charge in [0.1, 0.15) is 5.75 Å². The number of nitrogens with zero attached hydrogens (tertiary/aromatic N) is 2. The second-order valence-corrected chi connectivity index (χ2v) is 8.08. The lowest BCUT2D eigenvalue weighted by Gasteiger charge is -2.08. The molecule has 0 spiro atoms. The number of unbranched alkanes of at least 4 members (excludes halogenated alkanes) is 10. The second kappa shape index (κ2) is 16.5. The van der Waals surface area contributed by atoms with Crippen LogP contribution in [0.4, 0.5) is 0 Å². The zero-order valence-electron chi connectivity index (χ0n) is 19.2. The van der Waals surface area contributed by atoms with Crippen LogP contribution in [0.2, 0.25) is 0 Å². The number of hydrogen-bond donors (Lipinski definition) is 1. The maximum Gasteiger partial charge on any atom is 0.159 e. The van der Waals surface area contributed by atoms with Crippen LogP contribution < -0.4 is 9.47 Å². The van der Waals surface area contributed by atoms with Gasteiger partial charge in [-0.05, 0) is 43.5 Å². The van der Waals surface area contributed by atoms with Crippen molar-refractivity contribution < 1.29 is 14.6 Å².